The van der Waals surface area contributed by atoms with Crippen molar-refractivity contribution in [1.29, 1.82) is 0 Å². The molecule has 0 saturated carbocycles. The lowest BCUT2D eigenvalue weighted by Crippen LogP contribution is -2.32. The van der Waals surface area contributed by atoms with Gasteiger partial charge in [-0.15, -0.1) is 0 Å². The molecular weight excluding hydrogens is 322 g/mol. The number of benzene rings is 2. The second-order valence-electron chi connectivity index (χ2n) is 7.00. The number of nitrogens with zero attached hydrogens (tertiary/aromatic N) is 1. The summed E-state index contributed by atoms with van der Waals surface area (Å²) in [6, 6.07) is 16.1. The fraction of sp³-hybridized carbons (Fsp3) is 0.409. The lowest BCUT2D eigenvalue weighted by atomic mass is 10.1. The predicted octanol–water partition coefficient (Wildman–Crippen LogP) is 4.68. The molecule has 3 rings (SSSR count). The van der Waals surface area contributed by atoms with Crippen LogP contribution in [-0.4, -0.2) is 25.0 Å². The fourth-order valence-electron chi connectivity index (χ4n) is 3.31. The van der Waals surface area contributed by atoms with Crippen LogP contribution in [-0.2, 0) is 11.2 Å². The highest BCUT2D eigenvalue weighted by Crippen LogP contribution is 2.22. The highest BCUT2D eigenvalue weighted by Gasteiger charge is 2.14. The molecule has 4 nitrogen and oxygen atoms in total. The molecule has 26 heavy (non-hydrogen) atoms. The summed E-state index contributed by atoms with van der Waals surface area (Å²) in [5.74, 6) is -0.0321. The van der Waals surface area contributed by atoms with Gasteiger partial charge in [0.25, 0.3) is 0 Å². The molecule has 4 heteroatoms. The molecule has 1 fully saturated rings. The lowest BCUT2D eigenvalue weighted by Gasteiger charge is -2.28. The number of hydrogen-bond acceptors (Lipinski definition) is 3. The Kier molecular flexibility index (Phi) is 6.16. The van der Waals surface area contributed by atoms with E-state index in [1.807, 2.05) is 31.2 Å². The number of nitrogens with one attached hydrogen (secondary N) is 2. The summed E-state index contributed by atoms with van der Waals surface area (Å²) < 4.78 is 0. The van der Waals surface area contributed by atoms with Crippen molar-refractivity contribution in [1.82, 2.24) is 0 Å². The first kappa shape index (κ1) is 18.3. The van der Waals surface area contributed by atoms with Gasteiger partial charge in [-0.2, -0.15) is 0 Å². The maximum absolute atomic E-state index is 12.4. The third kappa shape index (κ3) is 4.78. The number of piperidine rings is 1. The van der Waals surface area contributed by atoms with E-state index in [9.17, 15) is 4.79 Å². The van der Waals surface area contributed by atoms with Gasteiger partial charge >= 0.3 is 0 Å². The zero-order chi connectivity index (χ0) is 18.4. The van der Waals surface area contributed by atoms with E-state index < -0.39 is 0 Å². The summed E-state index contributed by atoms with van der Waals surface area (Å²) in [6.07, 6.45) is 4.88. The highest BCUT2D eigenvalue weighted by atomic mass is 16.2. The largest absolute Gasteiger partial charge is 0.374 e. The van der Waals surface area contributed by atoms with Crippen LogP contribution in [0.2, 0.25) is 0 Å². The fourth-order valence-corrected chi connectivity index (χ4v) is 3.31. The molecule has 0 unspecified atom stereocenters. The minimum absolute atomic E-state index is 0.0321. The van der Waals surface area contributed by atoms with Crippen LogP contribution in [0.25, 0.3) is 0 Å². The van der Waals surface area contributed by atoms with Crippen LogP contribution in [0.1, 0.15) is 38.7 Å². The van der Waals surface area contributed by atoms with E-state index in [1.54, 1.807) is 0 Å². The smallest absolute Gasteiger partial charge is 0.246 e. The summed E-state index contributed by atoms with van der Waals surface area (Å²) in [6.45, 7) is 6.27. The van der Waals surface area contributed by atoms with Crippen LogP contribution < -0.4 is 15.5 Å². The summed E-state index contributed by atoms with van der Waals surface area (Å²) >= 11 is 0. The van der Waals surface area contributed by atoms with Gasteiger partial charge < -0.3 is 15.5 Å². The molecule has 1 atom stereocenters. The van der Waals surface area contributed by atoms with Gasteiger partial charge in [0.2, 0.25) is 5.91 Å². The van der Waals surface area contributed by atoms with Crippen molar-refractivity contribution < 1.29 is 4.79 Å². The number of carbonyl (C=O) groups excluding carboxylic acids is 1. The molecule has 1 aliphatic rings. The second kappa shape index (κ2) is 8.75. The Morgan fingerprint density at radius 1 is 0.962 bits per heavy atom. The van der Waals surface area contributed by atoms with Gasteiger partial charge in [0, 0.05) is 30.2 Å². The highest BCUT2D eigenvalue weighted by molar-refractivity contribution is 5.96. The standard InChI is InChI=1S/C22H29N3O/c1-3-18-7-9-19(10-8-18)23-17(2)22(26)24-20-11-13-21(14-12-20)25-15-5-4-6-16-25/h7-14,17,23H,3-6,15-16H2,1-2H3,(H,24,26)/t17-/m0/s1. The summed E-state index contributed by atoms with van der Waals surface area (Å²) in [7, 11) is 0. The van der Waals surface area contributed by atoms with Crippen LogP contribution in [0.4, 0.5) is 17.1 Å². The Balaban J connectivity index is 1.54. The van der Waals surface area contributed by atoms with Crippen LogP contribution in [0, 0.1) is 0 Å². The molecule has 0 bridgehead atoms. The maximum Gasteiger partial charge on any atom is 0.246 e. The number of aryl methyl sites for hydroxylation is 1. The zero-order valence-electron chi connectivity index (χ0n) is 15.8. The van der Waals surface area contributed by atoms with Crippen molar-refractivity contribution in [2.75, 3.05) is 28.6 Å². The molecule has 1 saturated heterocycles. The maximum atomic E-state index is 12.4. The molecule has 1 heterocycles. The van der Waals surface area contributed by atoms with Crippen LogP contribution in [0.5, 0.6) is 0 Å². The van der Waals surface area contributed by atoms with Gasteiger partial charge in [-0.3, -0.25) is 4.79 Å². The first-order valence-corrected chi connectivity index (χ1v) is 9.67. The third-order valence-corrected chi connectivity index (χ3v) is 4.99. The van der Waals surface area contributed by atoms with Crippen molar-refractivity contribution in [2.45, 2.75) is 45.6 Å². The van der Waals surface area contributed by atoms with Crippen molar-refractivity contribution in [2.24, 2.45) is 0 Å². The van der Waals surface area contributed by atoms with Crippen molar-refractivity contribution in [3.8, 4) is 0 Å². The average molecular weight is 351 g/mol. The molecule has 2 aromatic carbocycles. The molecule has 2 aromatic rings. The molecule has 138 valence electrons. The van der Waals surface area contributed by atoms with E-state index in [0.29, 0.717) is 0 Å². The number of carbonyl (C=O) groups is 1. The minimum Gasteiger partial charge on any atom is -0.374 e. The first-order chi connectivity index (χ1) is 12.7. The van der Waals surface area contributed by atoms with Crippen molar-refractivity contribution in [3.63, 3.8) is 0 Å². The number of anilines is 3. The molecule has 1 amide bonds. The number of amides is 1. The second-order valence-corrected chi connectivity index (χ2v) is 7.00. The van der Waals surface area contributed by atoms with E-state index in [4.69, 9.17) is 0 Å². The topological polar surface area (TPSA) is 44.4 Å². The Hall–Kier alpha value is -2.49. The van der Waals surface area contributed by atoms with E-state index in [1.165, 1.54) is 30.5 Å². The summed E-state index contributed by atoms with van der Waals surface area (Å²) in [5, 5.41) is 6.25. The van der Waals surface area contributed by atoms with Crippen LogP contribution >= 0.6 is 0 Å². The van der Waals surface area contributed by atoms with Gasteiger partial charge in [0.1, 0.15) is 6.04 Å². The SMILES string of the molecule is CCc1ccc(N[C@@H](C)C(=O)Nc2ccc(N3CCCCC3)cc2)cc1. The van der Waals surface area contributed by atoms with Crippen molar-refractivity contribution >= 4 is 23.0 Å². The van der Waals surface area contributed by atoms with Gasteiger partial charge in [-0.05, 0) is 74.6 Å². The Bertz CT molecular complexity index is 703. The molecule has 0 aliphatic carbocycles. The van der Waals surface area contributed by atoms with Crippen LogP contribution in [0.15, 0.2) is 48.5 Å². The monoisotopic (exact) mass is 351 g/mol. The number of hydrogen-bond donors (Lipinski definition) is 2. The third-order valence-electron chi connectivity index (χ3n) is 4.99. The Morgan fingerprint density at radius 3 is 2.19 bits per heavy atom. The lowest BCUT2D eigenvalue weighted by molar-refractivity contribution is -0.116. The quantitative estimate of drug-likeness (QED) is 0.794. The van der Waals surface area contributed by atoms with Gasteiger partial charge in [-0.1, -0.05) is 19.1 Å². The minimum atomic E-state index is -0.302. The van der Waals surface area contributed by atoms with Crippen LogP contribution in [0.3, 0.4) is 0 Å². The molecule has 2 N–H and O–H groups in total. The molecule has 0 radical (unpaired) electrons. The molecule has 0 aromatic heterocycles. The summed E-state index contributed by atoms with van der Waals surface area (Å²) in [4.78, 5) is 14.9. The predicted molar refractivity (Wildman–Crippen MR) is 110 cm³/mol. The molecule has 1 aliphatic heterocycles. The van der Waals surface area contributed by atoms with Gasteiger partial charge in [0.15, 0.2) is 0 Å². The average Bonchev–Trinajstić information content (AvgIpc) is 2.70. The first-order valence-electron chi connectivity index (χ1n) is 9.67. The molecule has 0 spiro atoms. The zero-order valence-corrected chi connectivity index (χ0v) is 15.8. The molecular formula is C22H29N3O. The number of rotatable bonds is 6. The summed E-state index contributed by atoms with van der Waals surface area (Å²) in [5.41, 5.74) is 4.34. The Morgan fingerprint density at radius 2 is 1.58 bits per heavy atom. The van der Waals surface area contributed by atoms with E-state index in [0.717, 1.165) is 30.9 Å². The van der Waals surface area contributed by atoms with E-state index >= 15 is 0 Å². The van der Waals surface area contributed by atoms with E-state index in [-0.39, 0.29) is 11.9 Å². The van der Waals surface area contributed by atoms with Crippen molar-refractivity contribution in [3.05, 3.63) is 54.1 Å². The van der Waals surface area contributed by atoms with E-state index in [2.05, 4.69) is 46.7 Å². The van der Waals surface area contributed by atoms with Gasteiger partial charge in [-0.25, -0.2) is 0 Å². The van der Waals surface area contributed by atoms with Gasteiger partial charge in [0.05, 0.1) is 0 Å². The Labute approximate surface area is 156 Å². The normalized spacial score (nSPS) is 15.4.